The molecule has 1 aromatic heterocycles. The fourth-order valence-electron chi connectivity index (χ4n) is 2.01. The van der Waals surface area contributed by atoms with Gasteiger partial charge < -0.3 is 19.9 Å². The van der Waals surface area contributed by atoms with Crippen molar-refractivity contribution >= 4 is 5.82 Å². The fraction of sp³-hybridized carbons (Fsp3) is 0.357. The molecule has 0 atom stereocenters. The van der Waals surface area contributed by atoms with Gasteiger partial charge in [0.2, 0.25) is 0 Å². The van der Waals surface area contributed by atoms with Crippen LogP contribution in [0.1, 0.15) is 0 Å². The van der Waals surface area contributed by atoms with Crippen molar-refractivity contribution in [3.8, 4) is 22.8 Å². The number of methoxy groups -OCH3 is 1. The van der Waals surface area contributed by atoms with Crippen molar-refractivity contribution in [2.24, 2.45) is 7.05 Å². The van der Waals surface area contributed by atoms with Gasteiger partial charge in [-0.3, -0.25) is 4.68 Å². The van der Waals surface area contributed by atoms with E-state index < -0.39 is 0 Å². The third-order valence-electron chi connectivity index (χ3n) is 3.28. The molecule has 6 nitrogen and oxygen atoms in total. The SMILES string of the molecule is COc1cc(-c2cc(N)n(C)n2)ccc1OC1COC1. The monoisotopic (exact) mass is 275 g/mol. The van der Waals surface area contributed by atoms with E-state index in [0.29, 0.717) is 30.5 Å². The minimum Gasteiger partial charge on any atom is -0.493 e. The van der Waals surface area contributed by atoms with Crippen LogP contribution in [0.15, 0.2) is 24.3 Å². The molecule has 106 valence electrons. The summed E-state index contributed by atoms with van der Waals surface area (Å²) in [5.74, 6) is 2.01. The van der Waals surface area contributed by atoms with Crippen molar-refractivity contribution < 1.29 is 14.2 Å². The second-order valence-electron chi connectivity index (χ2n) is 4.72. The molecule has 0 radical (unpaired) electrons. The van der Waals surface area contributed by atoms with Gasteiger partial charge in [-0.15, -0.1) is 0 Å². The molecule has 1 aliphatic rings. The summed E-state index contributed by atoms with van der Waals surface area (Å²) < 4.78 is 17.9. The largest absolute Gasteiger partial charge is 0.493 e. The Labute approximate surface area is 117 Å². The molecule has 1 aromatic carbocycles. The zero-order chi connectivity index (χ0) is 14.1. The average Bonchev–Trinajstić information content (AvgIpc) is 2.74. The molecule has 1 fully saturated rings. The predicted octanol–water partition coefficient (Wildman–Crippen LogP) is 1.46. The van der Waals surface area contributed by atoms with E-state index in [9.17, 15) is 0 Å². The lowest BCUT2D eigenvalue weighted by Crippen LogP contribution is -2.38. The highest BCUT2D eigenvalue weighted by atomic mass is 16.6. The Kier molecular flexibility index (Phi) is 3.23. The molecule has 0 aliphatic carbocycles. The maximum atomic E-state index is 5.80. The van der Waals surface area contributed by atoms with Crippen LogP contribution < -0.4 is 15.2 Å². The number of aryl methyl sites for hydroxylation is 1. The first-order chi connectivity index (χ1) is 9.67. The van der Waals surface area contributed by atoms with E-state index in [1.54, 1.807) is 11.8 Å². The fourth-order valence-corrected chi connectivity index (χ4v) is 2.01. The van der Waals surface area contributed by atoms with Crippen molar-refractivity contribution in [3.63, 3.8) is 0 Å². The van der Waals surface area contributed by atoms with E-state index >= 15 is 0 Å². The van der Waals surface area contributed by atoms with Crippen LogP contribution in [-0.4, -0.2) is 36.2 Å². The van der Waals surface area contributed by atoms with E-state index in [1.165, 1.54) is 0 Å². The number of benzene rings is 1. The van der Waals surface area contributed by atoms with Crippen molar-refractivity contribution in [1.29, 1.82) is 0 Å². The van der Waals surface area contributed by atoms with Gasteiger partial charge in [-0.1, -0.05) is 0 Å². The molecule has 0 bridgehead atoms. The lowest BCUT2D eigenvalue weighted by atomic mass is 10.1. The maximum Gasteiger partial charge on any atom is 0.161 e. The smallest absolute Gasteiger partial charge is 0.161 e. The lowest BCUT2D eigenvalue weighted by Gasteiger charge is -2.27. The van der Waals surface area contributed by atoms with E-state index in [1.807, 2.05) is 31.3 Å². The van der Waals surface area contributed by atoms with Gasteiger partial charge in [0.25, 0.3) is 0 Å². The van der Waals surface area contributed by atoms with Crippen LogP contribution >= 0.6 is 0 Å². The van der Waals surface area contributed by atoms with Crippen LogP contribution in [-0.2, 0) is 11.8 Å². The topological polar surface area (TPSA) is 71.5 Å². The number of aromatic nitrogens is 2. The Hall–Kier alpha value is -2.21. The average molecular weight is 275 g/mol. The third-order valence-corrected chi connectivity index (χ3v) is 3.28. The van der Waals surface area contributed by atoms with Crippen molar-refractivity contribution in [1.82, 2.24) is 9.78 Å². The second-order valence-corrected chi connectivity index (χ2v) is 4.72. The standard InChI is InChI=1S/C14H17N3O3/c1-17-14(15)6-11(16-17)9-3-4-12(13(5-9)18-2)20-10-7-19-8-10/h3-6,10H,7-8,15H2,1-2H3. The van der Waals surface area contributed by atoms with Crippen LogP contribution in [0.2, 0.25) is 0 Å². The highest BCUT2D eigenvalue weighted by molar-refractivity contribution is 5.66. The zero-order valence-corrected chi connectivity index (χ0v) is 11.5. The summed E-state index contributed by atoms with van der Waals surface area (Å²) in [6.45, 7) is 1.25. The number of nitrogen functional groups attached to an aromatic ring is 1. The molecule has 20 heavy (non-hydrogen) atoms. The highest BCUT2D eigenvalue weighted by Gasteiger charge is 2.22. The molecule has 0 unspecified atom stereocenters. The summed E-state index contributed by atoms with van der Waals surface area (Å²) in [5.41, 5.74) is 7.54. The first-order valence-corrected chi connectivity index (χ1v) is 6.39. The number of nitrogens with zero attached hydrogens (tertiary/aromatic N) is 2. The number of nitrogens with two attached hydrogens (primary N) is 1. The Morgan fingerprint density at radius 3 is 2.65 bits per heavy atom. The number of anilines is 1. The molecule has 1 aliphatic heterocycles. The van der Waals surface area contributed by atoms with Gasteiger partial charge in [0.05, 0.1) is 26.0 Å². The van der Waals surface area contributed by atoms with Gasteiger partial charge in [-0.05, 0) is 18.2 Å². The third kappa shape index (κ3) is 2.30. The van der Waals surface area contributed by atoms with Crippen molar-refractivity contribution in [3.05, 3.63) is 24.3 Å². The number of hydrogen-bond acceptors (Lipinski definition) is 5. The molecule has 2 aromatic rings. The summed E-state index contributed by atoms with van der Waals surface area (Å²) in [6, 6.07) is 7.56. The van der Waals surface area contributed by atoms with Crippen LogP contribution in [0.25, 0.3) is 11.3 Å². The zero-order valence-electron chi connectivity index (χ0n) is 11.5. The Morgan fingerprint density at radius 1 is 1.30 bits per heavy atom. The number of ether oxygens (including phenoxy) is 3. The summed E-state index contributed by atoms with van der Waals surface area (Å²) in [4.78, 5) is 0. The molecule has 1 saturated heterocycles. The summed E-state index contributed by atoms with van der Waals surface area (Å²) >= 11 is 0. The van der Waals surface area contributed by atoms with Crippen LogP contribution in [0, 0.1) is 0 Å². The van der Waals surface area contributed by atoms with Gasteiger partial charge in [-0.25, -0.2) is 0 Å². The van der Waals surface area contributed by atoms with Gasteiger partial charge >= 0.3 is 0 Å². The summed E-state index contributed by atoms with van der Waals surface area (Å²) in [7, 11) is 3.43. The number of rotatable bonds is 4. The number of hydrogen-bond donors (Lipinski definition) is 1. The van der Waals surface area contributed by atoms with E-state index in [4.69, 9.17) is 19.9 Å². The van der Waals surface area contributed by atoms with E-state index in [0.717, 1.165) is 11.3 Å². The molecule has 0 saturated carbocycles. The summed E-state index contributed by atoms with van der Waals surface area (Å²) in [6.07, 6.45) is 0.111. The molecule has 2 N–H and O–H groups in total. The molecule has 3 rings (SSSR count). The normalized spacial score (nSPS) is 14.9. The van der Waals surface area contributed by atoms with Crippen LogP contribution in [0.3, 0.4) is 0 Å². The maximum absolute atomic E-state index is 5.80. The van der Waals surface area contributed by atoms with E-state index in [2.05, 4.69) is 5.10 Å². The Bertz CT molecular complexity index is 601. The second kappa shape index (κ2) is 5.05. The van der Waals surface area contributed by atoms with Crippen LogP contribution in [0.4, 0.5) is 5.82 Å². The first kappa shape index (κ1) is 12.8. The highest BCUT2D eigenvalue weighted by Crippen LogP contribution is 2.33. The lowest BCUT2D eigenvalue weighted by molar-refractivity contribution is -0.0803. The molecular formula is C14H17N3O3. The molecule has 6 heteroatoms. The van der Waals surface area contributed by atoms with Gasteiger partial charge in [0.15, 0.2) is 11.5 Å². The Morgan fingerprint density at radius 2 is 2.10 bits per heavy atom. The minimum absolute atomic E-state index is 0.111. The van der Waals surface area contributed by atoms with Crippen molar-refractivity contribution in [2.45, 2.75) is 6.10 Å². The first-order valence-electron chi connectivity index (χ1n) is 6.39. The quantitative estimate of drug-likeness (QED) is 0.914. The van der Waals surface area contributed by atoms with Crippen LogP contribution in [0.5, 0.6) is 11.5 Å². The molecule has 0 spiro atoms. The van der Waals surface area contributed by atoms with Crippen molar-refractivity contribution in [2.75, 3.05) is 26.1 Å². The predicted molar refractivity (Wildman–Crippen MR) is 74.8 cm³/mol. The van der Waals surface area contributed by atoms with Gasteiger partial charge in [0.1, 0.15) is 11.9 Å². The van der Waals surface area contributed by atoms with E-state index in [-0.39, 0.29) is 6.10 Å². The molecular weight excluding hydrogens is 258 g/mol. The minimum atomic E-state index is 0.111. The molecule has 2 heterocycles. The molecule has 0 amide bonds. The van der Waals surface area contributed by atoms with Gasteiger partial charge in [0, 0.05) is 18.7 Å². The van der Waals surface area contributed by atoms with Gasteiger partial charge in [-0.2, -0.15) is 5.10 Å². The summed E-state index contributed by atoms with van der Waals surface area (Å²) in [5, 5.41) is 4.35. The Balaban J connectivity index is 1.89.